The van der Waals surface area contributed by atoms with E-state index in [0.717, 1.165) is 66.4 Å². The van der Waals surface area contributed by atoms with Crippen molar-refractivity contribution in [3.63, 3.8) is 0 Å². The number of carbonyl (C=O) groups excluding carboxylic acids is 2. The predicted octanol–water partition coefficient (Wildman–Crippen LogP) is 4.79. The summed E-state index contributed by atoms with van der Waals surface area (Å²) >= 11 is 0. The number of carbonyl (C=O) groups is 2. The van der Waals surface area contributed by atoms with Crippen molar-refractivity contribution in [1.29, 1.82) is 0 Å². The highest BCUT2D eigenvalue weighted by molar-refractivity contribution is 7.92. The van der Waals surface area contributed by atoms with Gasteiger partial charge in [-0.3, -0.25) is 24.1 Å². The molecule has 0 saturated carbocycles. The number of benzene rings is 3. The van der Waals surface area contributed by atoms with Crippen LogP contribution in [0.25, 0.3) is 0 Å². The molecule has 4 N–H and O–H groups in total. The Kier molecular flexibility index (Phi) is 11.0. The summed E-state index contributed by atoms with van der Waals surface area (Å²) in [6.45, 7) is 3.97. The molecule has 2 saturated heterocycles. The van der Waals surface area contributed by atoms with Crippen LogP contribution < -0.4 is 30.5 Å². The number of anilines is 6. The quantitative estimate of drug-likeness (QED) is 0.148. The lowest BCUT2D eigenvalue weighted by Crippen LogP contribution is -2.47. The molecule has 280 valence electrons. The number of rotatable bonds is 12. The number of piperazine rings is 1. The first-order valence-corrected chi connectivity index (χ1v) is 18.8. The molecular formula is C36H40F3N9O4S. The topological polar surface area (TPSA) is 152 Å². The van der Waals surface area contributed by atoms with Crippen molar-refractivity contribution in [2.45, 2.75) is 38.1 Å². The summed E-state index contributed by atoms with van der Waals surface area (Å²) in [6, 6.07) is 21.5. The second-order valence-electron chi connectivity index (χ2n) is 13.0. The van der Waals surface area contributed by atoms with E-state index in [-0.39, 0.29) is 24.3 Å². The van der Waals surface area contributed by atoms with Gasteiger partial charge in [0.1, 0.15) is 17.4 Å². The monoisotopic (exact) mass is 751 g/mol. The van der Waals surface area contributed by atoms with Gasteiger partial charge in [-0.05, 0) is 66.1 Å². The summed E-state index contributed by atoms with van der Waals surface area (Å²) < 4.78 is 66.5. The third kappa shape index (κ3) is 9.72. The summed E-state index contributed by atoms with van der Waals surface area (Å²) in [7, 11) is -2.12. The van der Waals surface area contributed by atoms with Gasteiger partial charge in [0, 0.05) is 76.0 Å². The molecule has 1 unspecified atom stereocenters. The molecule has 3 aromatic carbocycles. The Morgan fingerprint density at radius 1 is 0.943 bits per heavy atom. The predicted molar refractivity (Wildman–Crippen MR) is 198 cm³/mol. The van der Waals surface area contributed by atoms with Crippen LogP contribution in [-0.2, 0) is 38.9 Å². The molecule has 0 spiro atoms. The van der Waals surface area contributed by atoms with Gasteiger partial charge in [0.2, 0.25) is 27.8 Å². The smallest absolute Gasteiger partial charge is 0.374 e. The van der Waals surface area contributed by atoms with E-state index in [2.05, 4.69) is 47.1 Å². The van der Waals surface area contributed by atoms with Crippen LogP contribution in [0.5, 0.6) is 0 Å². The Morgan fingerprint density at radius 2 is 1.66 bits per heavy atom. The van der Waals surface area contributed by atoms with Crippen molar-refractivity contribution in [1.82, 2.24) is 20.2 Å². The van der Waals surface area contributed by atoms with Crippen LogP contribution in [0.3, 0.4) is 0 Å². The summed E-state index contributed by atoms with van der Waals surface area (Å²) in [6.07, 6.45) is -2.14. The van der Waals surface area contributed by atoms with Gasteiger partial charge in [0.05, 0.1) is 11.9 Å². The first kappa shape index (κ1) is 37.3. The van der Waals surface area contributed by atoms with Gasteiger partial charge < -0.3 is 20.9 Å². The minimum absolute atomic E-state index is 0.0243. The number of nitrogens with one attached hydrogen (secondary N) is 4. The van der Waals surface area contributed by atoms with Gasteiger partial charge >= 0.3 is 6.18 Å². The summed E-state index contributed by atoms with van der Waals surface area (Å²) in [5.41, 5.74) is 3.46. The largest absolute Gasteiger partial charge is 0.421 e. The maximum absolute atomic E-state index is 13.9. The number of halogens is 3. The molecule has 17 heteroatoms. The number of sulfonamides is 1. The minimum atomic E-state index is -4.70. The molecule has 2 fully saturated rings. The molecule has 13 nitrogen and oxygen atoms in total. The van der Waals surface area contributed by atoms with Crippen molar-refractivity contribution >= 4 is 56.4 Å². The molecule has 0 bridgehead atoms. The molecule has 2 aliphatic heterocycles. The van der Waals surface area contributed by atoms with Crippen LogP contribution in [0.15, 0.2) is 79.0 Å². The van der Waals surface area contributed by atoms with E-state index in [1.807, 2.05) is 42.5 Å². The van der Waals surface area contributed by atoms with Gasteiger partial charge in [0.25, 0.3) is 0 Å². The highest BCUT2D eigenvalue weighted by atomic mass is 32.2. The van der Waals surface area contributed by atoms with Crippen LogP contribution in [0.2, 0.25) is 0 Å². The Labute approximate surface area is 305 Å². The zero-order chi connectivity index (χ0) is 37.8. The molecule has 3 heterocycles. The van der Waals surface area contributed by atoms with Gasteiger partial charge in [-0.1, -0.05) is 24.3 Å². The molecule has 0 aliphatic carbocycles. The van der Waals surface area contributed by atoms with Crippen LogP contribution in [0, 0.1) is 0 Å². The van der Waals surface area contributed by atoms with Crippen LogP contribution in [-0.4, -0.2) is 80.6 Å². The molecule has 2 aliphatic rings. The van der Waals surface area contributed by atoms with Crippen LogP contribution in [0.1, 0.15) is 29.5 Å². The summed E-state index contributed by atoms with van der Waals surface area (Å²) in [5.74, 6) is -0.989. The SMILES string of the molecule is CN(c1cccc(CNc2nc(Nc3ccc(N4CCN(Cc5cccc(NC6CCC(=O)NC6=O)c5)CC4)cc3)ncc2C(F)(F)F)c1)S(C)(=O)=O. The first-order valence-electron chi connectivity index (χ1n) is 17.0. The van der Waals surface area contributed by atoms with Crippen LogP contribution >= 0.6 is 0 Å². The molecular weight excluding hydrogens is 712 g/mol. The fourth-order valence-corrected chi connectivity index (χ4v) is 6.62. The van der Waals surface area contributed by atoms with Crippen LogP contribution in [0.4, 0.5) is 47.7 Å². The maximum atomic E-state index is 13.9. The van der Waals surface area contributed by atoms with Gasteiger partial charge in [0.15, 0.2) is 0 Å². The maximum Gasteiger partial charge on any atom is 0.421 e. The number of alkyl halides is 3. The van der Waals surface area contributed by atoms with Gasteiger partial charge in [-0.15, -0.1) is 0 Å². The van der Waals surface area contributed by atoms with E-state index in [4.69, 9.17) is 0 Å². The second kappa shape index (κ2) is 15.7. The first-order chi connectivity index (χ1) is 25.2. The lowest BCUT2D eigenvalue weighted by molar-refractivity contribution is -0.137. The number of hydrogen-bond acceptors (Lipinski definition) is 11. The van der Waals surface area contributed by atoms with E-state index < -0.39 is 33.6 Å². The highest BCUT2D eigenvalue weighted by Crippen LogP contribution is 2.34. The minimum Gasteiger partial charge on any atom is -0.374 e. The van der Waals surface area contributed by atoms with Crippen molar-refractivity contribution in [2.24, 2.45) is 0 Å². The molecule has 0 radical (unpaired) electrons. The second-order valence-corrected chi connectivity index (χ2v) is 15.0. The zero-order valence-corrected chi connectivity index (χ0v) is 30.0. The van der Waals surface area contributed by atoms with E-state index in [1.54, 1.807) is 24.3 Å². The van der Waals surface area contributed by atoms with Crippen molar-refractivity contribution in [3.8, 4) is 0 Å². The number of nitrogens with zero attached hydrogens (tertiary/aromatic N) is 5. The fraction of sp³-hybridized carbons (Fsp3) is 0.333. The Hall–Kier alpha value is -5.42. The average molecular weight is 752 g/mol. The number of piperidine rings is 1. The number of aromatic nitrogens is 2. The van der Waals surface area contributed by atoms with E-state index >= 15 is 0 Å². The van der Waals surface area contributed by atoms with Gasteiger partial charge in [-0.2, -0.15) is 18.2 Å². The normalized spacial score (nSPS) is 16.9. The lowest BCUT2D eigenvalue weighted by Gasteiger charge is -2.36. The number of hydrogen-bond donors (Lipinski definition) is 4. The molecule has 6 rings (SSSR count). The van der Waals surface area contributed by atoms with E-state index in [1.165, 1.54) is 7.05 Å². The van der Waals surface area contributed by atoms with Crippen molar-refractivity contribution < 1.29 is 31.2 Å². The fourth-order valence-electron chi connectivity index (χ4n) is 6.12. The summed E-state index contributed by atoms with van der Waals surface area (Å²) in [4.78, 5) is 36.3. The molecule has 1 atom stereocenters. The highest BCUT2D eigenvalue weighted by Gasteiger charge is 2.35. The zero-order valence-electron chi connectivity index (χ0n) is 29.2. The van der Waals surface area contributed by atoms with Crippen molar-refractivity contribution in [3.05, 3.63) is 95.7 Å². The van der Waals surface area contributed by atoms with Gasteiger partial charge in [-0.25, -0.2) is 13.4 Å². The Bertz CT molecular complexity index is 2060. The van der Waals surface area contributed by atoms with E-state index in [9.17, 15) is 31.2 Å². The molecule has 2 amide bonds. The summed E-state index contributed by atoms with van der Waals surface area (Å²) in [5, 5.41) is 11.3. The third-order valence-corrected chi connectivity index (χ3v) is 10.3. The Morgan fingerprint density at radius 3 is 2.36 bits per heavy atom. The molecule has 53 heavy (non-hydrogen) atoms. The lowest BCUT2D eigenvalue weighted by atomic mass is 10.1. The Balaban J connectivity index is 1.03. The number of amides is 2. The van der Waals surface area contributed by atoms with E-state index in [0.29, 0.717) is 29.8 Å². The average Bonchev–Trinajstić information content (AvgIpc) is 3.12. The standard InChI is InChI=1S/C36H40F3N9O4S/c1-46(53(2,51)52)29-8-4-5-24(20-29)21-40-33-30(36(37,38)39)22-41-35(45-33)43-26-9-11-28(12-10-26)48-17-15-47(16-18-48)23-25-6-3-7-27(19-25)42-31-13-14-32(49)44-34(31)50/h3-12,19-20,22,31,42H,13-18,21,23H2,1-2H3,(H,44,49,50)(H2,40,41,43,45). The third-order valence-electron chi connectivity index (χ3n) is 9.10. The molecule has 4 aromatic rings. The molecule has 1 aromatic heterocycles. The van der Waals surface area contributed by atoms with Crippen molar-refractivity contribution in [2.75, 3.05) is 64.6 Å². The number of imide groups is 1.